The van der Waals surface area contributed by atoms with E-state index in [1.807, 2.05) is 0 Å². The number of nitrogens with two attached hydrogens (primary N) is 4. The lowest BCUT2D eigenvalue weighted by atomic mass is 10.2. The third-order valence-corrected chi connectivity index (χ3v) is 1.48. The SMILES string of the molecule is NCCc1c(N)nc(N)nc1N. The zero-order valence-corrected chi connectivity index (χ0v) is 6.62. The van der Waals surface area contributed by atoms with Gasteiger partial charge in [-0.3, -0.25) is 0 Å². The molecule has 0 aliphatic carbocycles. The number of aromatic nitrogens is 2. The van der Waals surface area contributed by atoms with Gasteiger partial charge in [0, 0.05) is 5.56 Å². The van der Waals surface area contributed by atoms with E-state index in [-0.39, 0.29) is 5.95 Å². The molecule has 0 saturated heterocycles. The molecule has 6 nitrogen and oxygen atoms in total. The quantitative estimate of drug-likeness (QED) is 0.435. The van der Waals surface area contributed by atoms with Gasteiger partial charge < -0.3 is 22.9 Å². The molecule has 0 atom stereocenters. The highest BCUT2D eigenvalue weighted by atomic mass is 15.1. The van der Waals surface area contributed by atoms with Gasteiger partial charge in [-0.15, -0.1) is 0 Å². The molecule has 0 fully saturated rings. The van der Waals surface area contributed by atoms with Crippen LogP contribution in [0.2, 0.25) is 0 Å². The smallest absolute Gasteiger partial charge is 0.223 e. The van der Waals surface area contributed by atoms with Crippen LogP contribution < -0.4 is 22.9 Å². The Labute approximate surface area is 70.0 Å². The maximum atomic E-state index is 5.54. The predicted molar refractivity (Wildman–Crippen MR) is 48.0 cm³/mol. The molecule has 0 unspecified atom stereocenters. The summed E-state index contributed by atoms with van der Waals surface area (Å²) in [5, 5.41) is 0. The number of hydrogen-bond acceptors (Lipinski definition) is 6. The largest absolute Gasteiger partial charge is 0.383 e. The maximum absolute atomic E-state index is 5.54. The van der Waals surface area contributed by atoms with E-state index in [0.29, 0.717) is 30.2 Å². The van der Waals surface area contributed by atoms with Gasteiger partial charge in [0.1, 0.15) is 11.6 Å². The lowest BCUT2D eigenvalue weighted by Crippen LogP contribution is -2.12. The summed E-state index contributed by atoms with van der Waals surface area (Å²) in [5.74, 6) is 0.710. The van der Waals surface area contributed by atoms with E-state index < -0.39 is 0 Å². The van der Waals surface area contributed by atoms with E-state index in [2.05, 4.69) is 9.97 Å². The predicted octanol–water partition coefficient (Wildman–Crippen LogP) is -1.28. The van der Waals surface area contributed by atoms with Gasteiger partial charge in [-0.2, -0.15) is 9.97 Å². The Morgan fingerprint density at radius 3 is 1.92 bits per heavy atom. The third kappa shape index (κ3) is 1.54. The molecule has 66 valence electrons. The number of hydrogen-bond donors (Lipinski definition) is 4. The van der Waals surface area contributed by atoms with Gasteiger partial charge in [-0.1, -0.05) is 0 Å². The second-order valence-corrected chi connectivity index (χ2v) is 2.37. The molecule has 1 aromatic rings. The van der Waals surface area contributed by atoms with Gasteiger partial charge in [0.2, 0.25) is 5.95 Å². The summed E-state index contributed by atoms with van der Waals surface area (Å²) in [6.45, 7) is 0.460. The van der Waals surface area contributed by atoms with Crippen molar-refractivity contribution in [2.45, 2.75) is 6.42 Å². The Morgan fingerprint density at radius 2 is 1.50 bits per heavy atom. The van der Waals surface area contributed by atoms with E-state index in [0.717, 1.165) is 0 Å². The van der Waals surface area contributed by atoms with Gasteiger partial charge >= 0.3 is 0 Å². The van der Waals surface area contributed by atoms with Crippen LogP contribution in [0.15, 0.2) is 0 Å². The van der Waals surface area contributed by atoms with Crippen molar-refractivity contribution in [3.8, 4) is 0 Å². The molecular weight excluding hydrogens is 156 g/mol. The molecule has 12 heavy (non-hydrogen) atoms. The highest BCUT2D eigenvalue weighted by Gasteiger charge is 2.06. The molecule has 1 rings (SSSR count). The molecule has 0 aliphatic heterocycles. The Bertz CT molecular complexity index is 260. The normalized spacial score (nSPS) is 10.1. The van der Waals surface area contributed by atoms with Crippen LogP contribution in [0.5, 0.6) is 0 Å². The minimum Gasteiger partial charge on any atom is -0.383 e. The molecule has 1 heterocycles. The standard InChI is InChI=1S/C6H12N6/c7-2-1-3-4(8)11-6(10)12-5(3)9/h1-2,7H2,(H6,8,9,10,11,12). The topological polar surface area (TPSA) is 130 Å². The van der Waals surface area contributed by atoms with Crippen molar-refractivity contribution in [3.05, 3.63) is 5.56 Å². The molecule has 0 radical (unpaired) electrons. The lowest BCUT2D eigenvalue weighted by molar-refractivity contribution is 0.954. The number of nitrogens with zero attached hydrogens (tertiary/aromatic N) is 2. The zero-order chi connectivity index (χ0) is 9.14. The van der Waals surface area contributed by atoms with E-state index in [9.17, 15) is 0 Å². The van der Waals surface area contributed by atoms with E-state index in [1.54, 1.807) is 0 Å². The fourth-order valence-electron chi connectivity index (χ4n) is 0.938. The molecule has 0 aromatic carbocycles. The first-order valence-electron chi connectivity index (χ1n) is 3.52. The summed E-state index contributed by atoms with van der Waals surface area (Å²) in [6.07, 6.45) is 0.567. The fourth-order valence-corrected chi connectivity index (χ4v) is 0.938. The zero-order valence-electron chi connectivity index (χ0n) is 6.62. The summed E-state index contributed by atoms with van der Waals surface area (Å²) in [7, 11) is 0. The third-order valence-electron chi connectivity index (χ3n) is 1.48. The van der Waals surface area contributed by atoms with Crippen LogP contribution in [0.4, 0.5) is 17.6 Å². The summed E-state index contributed by atoms with van der Waals surface area (Å²) >= 11 is 0. The average molecular weight is 168 g/mol. The first-order chi connectivity index (χ1) is 5.65. The van der Waals surface area contributed by atoms with Crippen LogP contribution in [0.1, 0.15) is 5.56 Å². The summed E-state index contributed by atoms with van der Waals surface area (Å²) in [4.78, 5) is 7.52. The summed E-state index contributed by atoms with van der Waals surface area (Å²) in [5.41, 5.74) is 22.4. The van der Waals surface area contributed by atoms with Gasteiger partial charge in [0.15, 0.2) is 0 Å². The number of nitrogen functional groups attached to an aromatic ring is 3. The minimum absolute atomic E-state index is 0.0887. The first kappa shape index (κ1) is 8.54. The van der Waals surface area contributed by atoms with Gasteiger partial charge in [-0.25, -0.2) is 0 Å². The van der Waals surface area contributed by atoms with Crippen molar-refractivity contribution >= 4 is 17.6 Å². The molecule has 0 bridgehead atoms. The Morgan fingerprint density at radius 1 is 1.00 bits per heavy atom. The fraction of sp³-hybridized carbons (Fsp3) is 0.333. The lowest BCUT2D eigenvalue weighted by Gasteiger charge is -2.06. The van der Waals surface area contributed by atoms with E-state index in [4.69, 9.17) is 22.9 Å². The molecular formula is C6H12N6. The van der Waals surface area contributed by atoms with Crippen LogP contribution in [-0.2, 0) is 6.42 Å². The van der Waals surface area contributed by atoms with Crippen LogP contribution in [0.3, 0.4) is 0 Å². The Hall–Kier alpha value is -1.56. The van der Waals surface area contributed by atoms with Crippen LogP contribution >= 0.6 is 0 Å². The molecule has 6 heteroatoms. The van der Waals surface area contributed by atoms with Crippen molar-refractivity contribution in [2.24, 2.45) is 5.73 Å². The molecule has 0 spiro atoms. The van der Waals surface area contributed by atoms with Crippen molar-refractivity contribution in [2.75, 3.05) is 23.7 Å². The maximum Gasteiger partial charge on any atom is 0.223 e. The highest BCUT2D eigenvalue weighted by Crippen LogP contribution is 2.16. The molecule has 8 N–H and O–H groups in total. The van der Waals surface area contributed by atoms with Gasteiger partial charge in [0.05, 0.1) is 0 Å². The second-order valence-electron chi connectivity index (χ2n) is 2.37. The number of anilines is 3. The molecule has 0 amide bonds. The molecule has 0 aliphatic rings. The van der Waals surface area contributed by atoms with Crippen LogP contribution in [0.25, 0.3) is 0 Å². The molecule has 0 saturated carbocycles. The first-order valence-corrected chi connectivity index (χ1v) is 3.52. The summed E-state index contributed by atoms with van der Waals surface area (Å²) < 4.78 is 0. The number of rotatable bonds is 2. The Kier molecular flexibility index (Phi) is 2.29. The monoisotopic (exact) mass is 168 g/mol. The molecule has 1 aromatic heterocycles. The highest BCUT2D eigenvalue weighted by molar-refractivity contribution is 5.55. The van der Waals surface area contributed by atoms with E-state index >= 15 is 0 Å². The van der Waals surface area contributed by atoms with Crippen molar-refractivity contribution in [3.63, 3.8) is 0 Å². The van der Waals surface area contributed by atoms with Crippen LogP contribution in [0, 0.1) is 0 Å². The van der Waals surface area contributed by atoms with Crippen LogP contribution in [-0.4, -0.2) is 16.5 Å². The second kappa shape index (κ2) is 3.22. The van der Waals surface area contributed by atoms with E-state index in [1.165, 1.54) is 0 Å². The van der Waals surface area contributed by atoms with Crippen molar-refractivity contribution < 1.29 is 0 Å². The average Bonchev–Trinajstić information content (AvgIpc) is 1.96. The minimum atomic E-state index is 0.0887. The summed E-state index contributed by atoms with van der Waals surface area (Å²) in [6, 6.07) is 0. The Balaban J connectivity index is 3.10. The van der Waals surface area contributed by atoms with Gasteiger partial charge in [0.25, 0.3) is 0 Å². The van der Waals surface area contributed by atoms with Crippen molar-refractivity contribution in [1.82, 2.24) is 9.97 Å². The van der Waals surface area contributed by atoms with Crippen molar-refractivity contribution in [1.29, 1.82) is 0 Å². The van der Waals surface area contributed by atoms with Gasteiger partial charge in [-0.05, 0) is 13.0 Å².